The van der Waals surface area contributed by atoms with Crippen LogP contribution in [-0.2, 0) is 34.0 Å². The van der Waals surface area contributed by atoms with Crippen molar-refractivity contribution in [2.45, 2.75) is 73.4 Å². The molecule has 8 nitrogen and oxygen atoms in total. The van der Waals surface area contributed by atoms with Gasteiger partial charge in [0.2, 0.25) is 0 Å². The molecule has 0 saturated heterocycles. The molecule has 0 spiro atoms. The van der Waals surface area contributed by atoms with E-state index in [1.54, 1.807) is 13.8 Å². The van der Waals surface area contributed by atoms with Crippen molar-refractivity contribution in [2.75, 3.05) is 26.4 Å². The minimum atomic E-state index is -0.607. The summed E-state index contributed by atoms with van der Waals surface area (Å²) in [5.74, 6) is 0.198. The molecule has 2 aromatic rings. The molecule has 0 amide bonds. The number of ether oxygens (including phenoxy) is 6. The molecular weight excluding hydrogens is 476 g/mol. The second-order valence-corrected chi connectivity index (χ2v) is 9.18. The van der Waals surface area contributed by atoms with Gasteiger partial charge in [0.25, 0.3) is 0 Å². The highest BCUT2D eigenvalue weighted by atomic mass is 16.7. The molecule has 2 atom stereocenters. The zero-order valence-corrected chi connectivity index (χ0v) is 23.2. The molecule has 0 bridgehead atoms. The van der Waals surface area contributed by atoms with Crippen molar-refractivity contribution >= 4 is 11.9 Å². The summed E-state index contributed by atoms with van der Waals surface area (Å²) in [6.45, 7) is 15.9. The number of carbonyl (C=O) groups is 2. The van der Waals surface area contributed by atoms with Gasteiger partial charge in [-0.1, -0.05) is 26.0 Å². The van der Waals surface area contributed by atoms with Gasteiger partial charge in [-0.25, -0.2) is 9.59 Å². The number of benzene rings is 2. The first-order valence-corrected chi connectivity index (χ1v) is 12.6. The van der Waals surface area contributed by atoms with Crippen LogP contribution in [0.15, 0.2) is 36.4 Å². The van der Waals surface area contributed by atoms with E-state index in [1.165, 1.54) is 0 Å². The van der Waals surface area contributed by atoms with Crippen molar-refractivity contribution in [2.24, 2.45) is 0 Å². The van der Waals surface area contributed by atoms with Crippen molar-refractivity contribution in [1.82, 2.24) is 0 Å². The Balaban J connectivity index is 2.05. The van der Waals surface area contributed by atoms with Crippen LogP contribution in [0.5, 0.6) is 11.5 Å². The van der Waals surface area contributed by atoms with Gasteiger partial charge >= 0.3 is 11.9 Å². The van der Waals surface area contributed by atoms with E-state index in [9.17, 15) is 9.59 Å². The van der Waals surface area contributed by atoms with Gasteiger partial charge in [-0.15, -0.1) is 0 Å². The van der Waals surface area contributed by atoms with Gasteiger partial charge in [0.15, 0.2) is 25.8 Å². The lowest BCUT2D eigenvalue weighted by Gasteiger charge is -2.30. The molecule has 0 fully saturated rings. The first kappa shape index (κ1) is 30.1. The Morgan fingerprint density at radius 2 is 1.11 bits per heavy atom. The van der Waals surface area contributed by atoms with Gasteiger partial charge in [-0.3, -0.25) is 0 Å². The summed E-state index contributed by atoms with van der Waals surface area (Å²) in [7, 11) is 0. The molecule has 8 heteroatoms. The molecule has 37 heavy (non-hydrogen) atoms. The topological polar surface area (TPSA) is 89.5 Å². The first-order valence-electron chi connectivity index (χ1n) is 12.6. The van der Waals surface area contributed by atoms with Crippen LogP contribution >= 0.6 is 0 Å². The normalized spacial score (nSPS) is 13.0. The van der Waals surface area contributed by atoms with Crippen LogP contribution in [0.25, 0.3) is 0 Å². The number of rotatable bonds is 14. The minimum Gasteiger partial charge on any atom is -0.482 e. The Labute approximate surface area is 220 Å². The largest absolute Gasteiger partial charge is 0.482 e. The summed E-state index contributed by atoms with van der Waals surface area (Å²) in [5, 5.41) is 0. The Morgan fingerprint density at radius 3 is 1.43 bits per heavy atom. The summed E-state index contributed by atoms with van der Waals surface area (Å²) >= 11 is 0. The predicted molar refractivity (Wildman–Crippen MR) is 140 cm³/mol. The van der Waals surface area contributed by atoms with E-state index in [-0.39, 0.29) is 18.6 Å². The fourth-order valence-electron chi connectivity index (χ4n) is 4.26. The highest BCUT2D eigenvalue weighted by Crippen LogP contribution is 2.37. The van der Waals surface area contributed by atoms with Crippen LogP contribution in [0.3, 0.4) is 0 Å². The summed E-state index contributed by atoms with van der Waals surface area (Å²) in [4.78, 5) is 23.9. The van der Waals surface area contributed by atoms with E-state index in [4.69, 9.17) is 28.4 Å². The molecule has 2 aromatic carbocycles. The summed E-state index contributed by atoms with van der Waals surface area (Å²) in [5.41, 5.74) is 3.99. The van der Waals surface area contributed by atoms with E-state index >= 15 is 0 Å². The molecule has 0 aliphatic rings. The minimum absolute atomic E-state index is 0.196. The quantitative estimate of drug-likeness (QED) is 0.249. The molecule has 0 heterocycles. The molecule has 0 N–H and O–H groups in total. The molecule has 0 saturated carbocycles. The highest BCUT2D eigenvalue weighted by Gasteiger charge is 2.27. The molecule has 0 aliphatic carbocycles. The van der Waals surface area contributed by atoms with Crippen LogP contribution < -0.4 is 9.47 Å². The lowest BCUT2D eigenvalue weighted by Crippen LogP contribution is -2.23. The molecule has 0 aromatic heterocycles. The maximum Gasteiger partial charge on any atom is 0.346 e. The molecule has 0 aliphatic heterocycles. The predicted octanol–water partition coefficient (Wildman–Crippen LogP) is 5.24. The third kappa shape index (κ3) is 9.05. The fraction of sp³-hybridized carbons (Fsp3) is 0.517. The van der Waals surface area contributed by atoms with Gasteiger partial charge in [-0.2, -0.15) is 0 Å². The molecule has 2 unspecified atom stereocenters. The van der Waals surface area contributed by atoms with Crippen LogP contribution in [0.1, 0.15) is 63.8 Å². The molecule has 0 radical (unpaired) electrons. The van der Waals surface area contributed by atoms with Gasteiger partial charge in [0.05, 0.1) is 0 Å². The Kier molecular flexibility index (Phi) is 11.4. The average Bonchev–Trinajstić information content (AvgIpc) is 2.81. The van der Waals surface area contributed by atoms with Crippen LogP contribution in [0.2, 0.25) is 0 Å². The lowest BCUT2D eigenvalue weighted by atomic mass is 9.74. The SMILES string of the molecule is CCOC(C)OC(=O)COc1ccc(C(C)(C)c2ccc(OCC(=O)OC(C)OCC)cc2C)c(C)c1. The monoisotopic (exact) mass is 516 g/mol. The fourth-order valence-corrected chi connectivity index (χ4v) is 4.26. The summed E-state index contributed by atoms with van der Waals surface area (Å²) < 4.78 is 31.9. The second kappa shape index (κ2) is 14.0. The Hall–Kier alpha value is -3.10. The Bertz CT molecular complexity index is 965. The number of hydrogen-bond acceptors (Lipinski definition) is 8. The smallest absolute Gasteiger partial charge is 0.346 e. The van der Waals surface area contributed by atoms with Gasteiger partial charge in [0, 0.05) is 18.6 Å². The third-order valence-electron chi connectivity index (χ3n) is 5.85. The Morgan fingerprint density at radius 1 is 0.730 bits per heavy atom. The average molecular weight is 517 g/mol. The number of hydrogen-bond donors (Lipinski definition) is 0. The van der Waals surface area contributed by atoms with Crippen LogP contribution in [0.4, 0.5) is 0 Å². The second-order valence-electron chi connectivity index (χ2n) is 9.18. The maximum absolute atomic E-state index is 12.0. The lowest BCUT2D eigenvalue weighted by molar-refractivity contribution is -0.177. The van der Waals surface area contributed by atoms with Crippen LogP contribution in [0, 0.1) is 13.8 Å². The summed E-state index contributed by atoms with van der Waals surface area (Å²) in [6, 6.07) is 11.6. The summed E-state index contributed by atoms with van der Waals surface area (Å²) in [6.07, 6.45) is -1.21. The standard InChI is InChI=1S/C29H40O8/c1-9-32-21(5)36-27(30)17-34-23-11-13-25(19(3)15-23)29(7,8)26-14-12-24(16-20(26)4)35-18-28(31)37-22(6)33-10-2/h11-16,21-22H,9-10,17-18H2,1-8H3. The van der Waals surface area contributed by atoms with Crippen LogP contribution in [-0.4, -0.2) is 50.9 Å². The van der Waals surface area contributed by atoms with E-state index in [1.807, 2.05) is 64.1 Å². The molecule has 2 rings (SSSR count). The van der Waals surface area contributed by atoms with Crippen molar-refractivity contribution < 1.29 is 38.0 Å². The van der Waals surface area contributed by atoms with Crippen molar-refractivity contribution in [1.29, 1.82) is 0 Å². The zero-order valence-electron chi connectivity index (χ0n) is 23.2. The maximum atomic E-state index is 12.0. The van der Waals surface area contributed by atoms with Crippen molar-refractivity contribution in [3.8, 4) is 11.5 Å². The number of esters is 2. The third-order valence-corrected chi connectivity index (χ3v) is 5.85. The molecular formula is C29H40O8. The first-order chi connectivity index (χ1) is 17.5. The van der Waals surface area contributed by atoms with E-state index in [2.05, 4.69) is 13.8 Å². The van der Waals surface area contributed by atoms with Gasteiger partial charge < -0.3 is 28.4 Å². The van der Waals surface area contributed by atoms with Crippen molar-refractivity contribution in [3.05, 3.63) is 58.7 Å². The van der Waals surface area contributed by atoms with E-state index in [0.717, 1.165) is 22.3 Å². The number of carbonyl (C=O) groups excluding carboxylic acids is 2. The van der Waals surface area contributed by atoms with Gasteiger partial charge in [-0.05, 0) is 88.1 Å². The van der Waals surface area contributed by atoms with E-state index < -0.39 is 24.5 Å². The number of aryl methyl sites for hydroxylation is 2. The van der Waals surface area contributed by atoms with E-state index in [0.29, 0.717) is 24.7 Å². The zero-order chi connectivity index (χ0) is 27.6. The van der Waals surface area contributed by atoms with Gasteiger partial charge in [0.1, 0.15) is 11.5 Å². The highest BCUT2D eigenvalue weighted by molar-refractivity contribution is 5.71. The van der Waals surface area contributed by atoms with Crippen molar-refractivity contribution in [3.63, 3.8) is 0 Å². The molecule has 204 valence electrons.